The summed E-state index contributed by atoms with van der Waals surface area (Å²) in [4.78, 5) is 12.3. The molecule has 0 aliphatic heterocycles. The average molecular weight is 296 g/mol. The Morgan fingerprint density at radius 2 is 1.77 bits per heavy atom. The minimum Gasteiger partial charge on any atom is -0.374 e. The first-order valence-electron chi connectivity index (χ1n) is 7.73. The molecule has 116 valence electrons. The Kier molecular flexibility index (Phi) is 5.21. The molecule has 0 aliphatic rings. The molecule has 2 rings (SSSR count). The second-order valence-electron chi connectivity index (χ2n) is 5.72. The van der Waals surface area contributed by atoms with Crippen molar-refractivity contribution in [1.29, 1.82) is 0 Å². The van der Waals surface area contributed by atoms with Gasteiger partial charge in [-0.15, -0.1) is 0 Å². The molecule has 3 nitrogen and oxygen atoms in total. The van der Waals surface area contributed by atoms with E-state index in [1.165, 1.54) is 5.56 Å². The second kappa shape index (κ2) is 7.12. The van der Waals surface area contributed by atoms with Crippen LogP contribution < -0.4 is 10.6 Å². The third kappa shape index (κ3) is 4.10. The molecule has 0 saturated heterocycles. The lowest BCUT2D eigenvalue weighted by Crippen LogP contribution is -2.32. The van der Waals surface area contributed by atoms with Crippen molar-refractivity contribution in [1.82, 2.24) is 0 Å². The Morgan fingerprint density at radius 1 is 1.09 bits per heavy atom. The Balaban J connectivity index is 2.00. The van der Waals surface area contributed by atoms with Gasteiger partial charge in [-0.1, -0.05) is 31.2 Å². The summed E-state index contributed by atoms with van der Waals surface area (Å²) in [6, 6.07) is 14.0. The van der Waals surface area contributed by atoms with Crippen molar-refractivity contribution in [2.45, 2.75) is 40.2 Å². The molecule has 3 heteroatoms. The van der Waals surface area contributed by atoms with Gasteiger partial charge in [0.1, 0.15) is 6.04 Å². The summed E-state index contributed by atoms with van der Waals surface area (Å²) in [5.74, 6) is -0.0340. The maximum atomic E-state index is 12.3. The number of benzene rings is 2. The Hall–Kier alpha value is -2.29. The first-order valence-corrected chi connectivity index (χ1v) is 7.73. The summed E-state index contributed by atoms with van der Waals surface area (Å²) < 4.78 is 0. The van der Waals surface area contributed by atoms with Gasteiger partial charge in [-0.2, -0.15) is 0 Å². The molecule has 22 heavy (non-hydrogen) atoms. The van der Waals surface area contributed by atoms with E-state index in [0.29, 0.717) is 0 Å². The number of hydrogen-bond acceptors (Lipinski definition) is 2. The van der Waals surface area contributed by atoms with Crippen molar-refractivity contribution in [2.75, 3.05) is 10.6 Å². The quantitative estimate of drug-likeness (QED) is 0.863. The van der Waals surface area contributed by atoms with Gasteiger partial charge >= 0.3 is 0 Å². The number of aryl methyl sites for hydroxylation is 3. The fourth-order valence-electron chi connectivity index (χ4n) is 2.26. The average Bonchev–Trinajstić information content (AvgIpc) is 2.51. The Morgan fingerprint density at radius 3 is 2.41 bits per heavy atom. The summed E-state index contributed by atoms with van der Waals surface area (Å²) in [6.07, 6.45) is 1.02. The highest BCUT2D eigenvalue weighted by atomic mass is 16.2. The maximum Gasteiger partial charge on any atom is 0.246 e. The number of hydrogen-bond donors (Lipinski definition) is 2. The lowest BCUT2D eigenvalue weighted by molar-refractivity contribution is -0.116. The zero-order chi connectivity index (χ0) is 16.1. The molecule has 2 aromatic rings. The molecule has 0 saturated carbocycles. The van der Waals surface area contributed by atoms with Crippen molar-refractivity contribution >= 4 is 17.3 Å². The molecule has 0 aliphatic carbocycles. The van der Waals surface area contributed by atoms with E-state index in [4.69, 9.17) is 0 Å². The van der Waals surface area contributed by atoms with Crippen molar-refractivity contribution in [2.24, 2.45) is 0 Å². The maximum absolute atomic E-state index is 12.3. The molecule has 0 heterocycles. The van der Waals surface area contributed by atoms with E-state index in [-0.39, 0.29) is 11.9 Å². The number of rotatable bonds is 5. The second-order valence-corrected chi connectivity index (χ2v) is 5.72. The van der Waals surface area contributed by atoms with Gasteiger partial charge in [-0.3, -0.25) is 4.79 Å². The van der Waals surface area contributed by atoms with Crippen LogP contribution in [0, 0.1) is 13.8 Å². The molecule has 0 fully saturated rings. The van der Waals surface area contributed by atoms with Crippen LogP contribution in [-0.2, 0) is 11.2 Å². The smallest absolute Gasteiger partial charge is 0.246 e. The normalized spacial score (nSPS) is 11.8. The Bertz CT molecular complexity index is 647. The first-order chi connectivity index (χ1) is 10.5. The standard InChI is InChI=1S/C19H24N2O/c1-5-16-8-10-17(11-9-16)20-15(4)19(22)21-18-12-13(2)6-7-14(18)3/h6-12,15,20H,5H2,1-4H3,(H,21,22). The van der Waals surface area contributed by atoms with Crippen LogP contribution in [0.1, 0.15) is 30.5 Å². The Labute approximate surface area is 132 Å². The molecule has 2 aromatic carbocycles. The molecule has 0 aromatic heterocycles. The van der Waals surface area contributed by atoms with E-state index in [2.05, 4.69) is 29.7 Å². The van der Waals surface area contributed by atoms with Gasteiger partial charge in [0.15, 0.2) is 0 Å². The minimum absolute atomic E-state index is 0.0340. The summed E-state index contributed by atoms with van der Waals surface area (Å²) in [5, 5.41) is 6.23. The molecule has 1 unspecified atom stereocenters. The number of carbonyl (C=O) groups is 1. The van der Waals surface area contributed by atoms with E-state index in [1.807, 2.05) is 51.1 Å². The molecule has 1 amide bonds. The highest BCUT2D eigenvalue weighted by molar-refractivity contribution is 5.96. The predicted octanol–water partition coefficient (Wildman–Crippen LogP) is 4.30. The summed E-state index contributed by atoms with van der Waals surface area (Å²) in [5.41, 5.74) is 5.33. The van der Waals surface area contributed by atoms with Crippen molar-refractivity contribution in [3.63, 3.8) is 0 Å². The van der Waals surface area contributed by atoms with Crippen LogP contribution in [0.5, 0.6) is 0 Å². The molecule has 0 bridgehead atoms. The topological polar surface area (TPSA) is 41.1 Å². The number of carbonyl (C=O) groups excluding carboxylic acids is 1. The number of anilines is 2. The van der Waals surface area contributed by atoms with Gasteiger partial charge in [0.05, 0.1) is 0 Å². The largest absolute Gasteiger partial charge is 0.374 e. The summed E-state index contributed by atoms with van der Waals surface area (Å²) in [7, 11) is 0. The van der Waals surface area contributed by atoms with Crippen LogP contribution in [0.2, 0.25) is 0 Å². The van der Waals surface area contributed by atoms with Gasteiger partial charge in [-0.25, -0.2) is 0 Å². The van der Waals surface area contributed by atoms with Gasteiger partial charge in [0.25, 0.3) is 0 Å². The van der Waals surface area contributed by atoms with Crippen LogP contribution in [0.4, 0.5) is 11.4 Å². The van der Waals surface area contributed by atoms with Crippen molar-refractivity contribution in [3.05, 3.63) is 59.2 Å². The summed E-state index contributed by atoms with van der Waals surface area (Å²) >= 11 is 0. The van der Waals surface area contributed by atoms with E-state index in [1.54, 1.807) is 0 Å². The van der Waals surface area contributed by atoms with Gasteiger partial charge in [0, 0.05) is 11.4 Å². The van der Waals surface area contributed by atoms with Crippen LogP contribution in [0.3, 0.4) is 0 Å². The lowest BCUT2D eigenvalue weighted by atomic mass is 10.1. The predicted molar refractivity (Wildman–Crippen MR) is 93.5 cm³/mol. The molecular formula is C19H24N2O. The van der Waals surface area contributed by atoms with E-state index in [0.717, 1.165) is 28.9 Å². The molecule has 0 spiro atoms. The van der Waals surface area contributed by atoms with Gasteiger partial charge in [0.2, 0.25) is 5.91 Å². The lowest BCUT2D eigenvalue weighted by Gasteiger charge is -2.17. The van der Waals surface area contributed by atoms with Crippen molar-refractivity contribution in [3.8, 4) is 0 Å². The van der Waals surface area contributed by atoms with E-state index in [9.17, 15) is 4.79 Å². The van der Waals surface area contributed by atoms with Gasteiger partial charge in [-0.05, 0) is 62.1 Å². The molecule has 0 radical (unpaired) electrons. The first kappa shape index (κ1) is 16.1. The monoisotopic (exact) mass is 296 g/mol. The van der Waals surface area contributed by atoms with Crippen LogP contribution in [0.15, 0.2) is 42.5 Å². The number of nitrogens with one attached hydrogen (secondary N) is 2. The van der Waals surface area contributed by atoms with E-state index < -0.39 is 0 Å². The fraction of sp³-hybridized carbons (Fsp3) is 0.316. The van der Waals surface area contributed by atoms with Crippen LogP contribution in [-0.4, -0.2) is 11.9 Å². The van der Waals surface area contributed by atoms with E-state index >= 15 is 0 Å². The highest BCUT2D eigenvalue weighted by Crippen LogP contribution is 2.17. The minimum atomic E-state index is -0.299. The zero-order valence-electron chi connectivity index (χ0n) is 13.7. The summed E-state index contributed by atoms with van der Waals surface area (Å²) in [6.45, 7) is 8.01. The van der Waals surface area contributed by atoms with Crippen LogP contribution in [0.25, 0.3) is 0 Å². The highest BCUT2D eigenvalue weighted by Gasteiger charge is 2.13. The van der Waals surface area contributed by atoms with Crippen LogP contribution >= 0.6 is 0 Å². The third-order valence-corrected chi connectivity index (χ3v) is 3.79. The number of amides is 1. The molecule has 2 N–H and O–H groups in total. The third-order valence-electron chi connectivity index (χ3n) is 3.79. The SMILES string of the molecule is CCc1ccc(NC(C)C(=O)Nc2cc(C)ccc2C)cc1. The molecule has 1 atom stereocenters. The molecular weight excluding hydrogens is 272 g/mol. The fourth-order valence-corrected chi connectivity index (χ4v) is 2.26. The van der Waals surface area contributed by atoms with Crippen molar-refractivity contribution < 1.29 is 4.79 Å². The van der Waals surface area contributed by atoms with Gasteiger partial charge < -0.3 is 10.6 Å². The zero-order valence-corrected chi connectivity index (χ0v) is 13.7.